The summed E-state index contributed by atoms with van der Waals surface area (Å²) in [7, 11) is -2.39. The fraction of sp³-hybridized carbons (Fsp3) is 0.389. The number of amides is 1. The van der Waals surface area contributed by atoms with Crippen molar-refractivity contribution in [3.05, 3.63) is 126 Å². The van der Waals surface area contributed by atoms with Crippen molar-refractivity contribution in [2.75, 3.05) is 6.54 Å². The third-order valence-corrected chi connectivity index (χ3v) is 12.7. The molecule has 4 rings (SSSR count). The quantitative estimate of drug-likeness (QED) is 0.142. The number of nitrogens with zero attached hydrogens (tertiary/aromatic N) is 2. The molecule has 0 aliphatic carbocycles. The van der Waals surface area contributed by atoms with Gasteiger partial charge in [-0.05, 0) is 55.6 Å². The molecule has 0 radical (unpaired) electrons. The van der Waals surface area contributed by atoms with Gasteiger partial charge in [0, 0.05) is 12.7 Å². The minimum absolute atomic E-state index is 0.0533. The largest absolute Gasteiger partial charge is 0.444 e. The normalized spacial score (nSPS) is 14.1. The highest BCUT2D eigenvalue weighted by Gasteiger charge is 2.43. The highest BCUT2D eigenvalue weighted by molar-refractivity contribution is 6.74. The van der Waals surface area contributed by atoms with Crippen LogP contribution in [0.15, 0.2) is 104 Å². The van der Waals surface area contributed by atoms with Crippen LogP contribution in [0.2, 0.25) is 18.1 Å². The van der Waals surface area contributed by atoms with Crippen molar-refractivity contribution < 1.29 is 19.1 Å². The van der Waals surface area contributed by atoms with E-state index in [1.165, 1.54) is 0 Å². The molecule has 0 aliphatic heterocycles. The average Bonchev–Trinajstić information content (AvgIpc) is 3.45. The van der Waals surface area contributed by atoms with Gasteiger partial charge in [0.25, 0.3) is 0 Å². The number of hydrogen-bond acceptors (Lipinski definition) is 5. The minimum atomic E-state index is -2.39. The lowest BCUT2D eigenvalue weighted by molar-refractivity contribution is 0.0172. The van der Waals surface area contributed by atoms with Crippen molar-refractivity contribution in [1.29, 1.82) is 0 Å². The zero-order valence-electron chi connectivity index (χ0n) is 27.2. The molecule has 44 heavy (non-hydrogen) atoms. The molecule has 8 heteroatoms. The van der Waals surface area contributed by atoms with E-state index < -0.39 is 37.8 Å². The number of benzene rings is 3. The van der Waals surface area contributed by atoms with E-state index in [0.29, 0.717) is 5.69 Å². The van der Waals surface area contributed by atoms with Gasteiger partial charge in [-0.2, -0.15) is 0 Å². The van der Waals surface area contributed by atoms with Crippen molar-refractivity contribution in [2.24, 2.45) is 0 Å². The predicted molar refractivity (Wildman–Crippen MR) is 178 cm³/mol. The summed E-state index contributed by atoms with van der Waals surface area (Å²) in [6, 6.07) is 31.1. The van der Waals surface area contributed by atoms with Crippen LogP contribution in [0.5, 0.6) is 0 Å². The van der Waals surface area contributed by atoms with Crippen LogP contribution in [-0.2, 0) is 14.7 Å². The summed E-state index contributed by atoms with van der Waals surface area (Å²) >= 11 is 0. The molecular formula is C36H47N3O4Si. The Kier molecular flexibility index (Phi) is 9.88. The van der Waals surface area contributed by atoms with Gasteiger partial charge in [0.2, 0.25) is 0 Å². The molecule has 0 bridgehead atoms. The Morgan fingerprint density at radius 2 is 1.30 bits per heavy atom. The van der Waals surface area contributed by atoms with Crippen molar-refractivity contribution in [1.82, 2.24) is 14.9 Å². The second-order valence-electron chi connectivity index (χ2n) is 13.8. The number of rotatable bonds is 10. The van der Waals surface area contributed by atoms with Crippen LogP contribution < -0.4 is 5.32 Å². The van der Waals surface area contributed by atoms with E-state index in [9.17, 15) is 9.90 Å². The van der Waals surface area contributed by atoms with Gasteiger partial charge in [0.05, 0.1) is 12.0 Å². The number of nitrogens with one attached hydrogen (secondary N) is 1. The number of imidazole rings is 1. The number of hydrogen-bond donors (Lipinski definition) is 2. The summed E-state index contributed by atoms with van der Waals surface area (Å²) < 4.78 is 14.4. The summed E-state index contributed by atoms with van der Waals surface area (Å²) in [5, 5.41) is 14.2. The molecule has 0 fully saturated rings. The van der Waals surface area contributed by atoms with Gasteiger partial charge in [-0.1, -0.05) is 112 Å². The molecular weight excluding hydrogens is 566 g/mol. The van der Waals surface area contributed by atoms with Gasteiger partial charge in [-0.15, -0.1) is 0 Å². The van der Waals surface area contributed by atoms with Crippen LogP contribution in [-0.4, -0.2) is 47.3 Å². The maximum absolute atomic E-state index is 12.5. The Hall–Kier alpha value is -3.72. The molecule has 0 saturated carbocycles. The molecule has 0 spiro atoms. The lowest BCUT2D eigenvalue weighted by atomic mass is 9.77. The van der Waals surface area contributed by atoms with Crippen LogP contribution in [0.1, 0.15) is 70.0 Å². The first-order valence-corrected chi connectivity index (χ1v) is 18.1. The summed E-state index contributed by atoms with van der Waals surface area (Å²) in [5.74, 6) is 0. The molecule has 4 aromatic rings. The monoisotopic (exact) mass is 613 g/mol. The Balaban J connectivity index is 1.84. The van der Waals surface area contributed by atoms with Gasteiger partial charge < -0.3 is 24.2 Å². The number of aliphatic hydroxyl groups is 1. The van der Waals surface area contributed by atoms with Crippen LogP contribution in [0.4, 0.5) is 4.79 Å². The topological polar surface area (TPSA) is 85.6 Å². The van der Waals surface area contributed by atoms with Crippen LogP contribution >= 0.6 is 0 Å². The predicted octanol–water partition coefficient (Wildman–Crippen LogP) is 7.67. The standard InChI is InChI=1S/C36H47N3O4Si/c1-34(2,3)42-33(41)37-24-31(40)32(43-44(7,8)35(4,5)6)30-25-39(26-38-30)36(27-18-12-9-13-19-27,28-20-14-10-15-21-28)29-22-16-11-17-23-29/h9-23,25-26,31-32,40H,24H2,1-8H3,(H,37,41)/t31-,32+/m1/s1. The number of alkyl carbamates (subject to hydrolysis) is 1. The molecule has 3 aromatic carbocycles. The van der Waals surface area contributed by atoms with E-state index in [-0.39, 0.29) is 11.6 Å². The highest BCUT2D eigenvalue weighted by atomic mass is 28.4. The average molecular weight is 614 g/mol. The van der Waals surface area contributed by atoms with Crippen LogP contribution in [0.25, 0.3) is 0 Å². The van der Waals surface area contributed by atoms with Crippen molar-refractivity contribution in [3.8, 4) is 0 Å². The summed E-state index contributed by atoms with van der Waals surface area (Å²) in [5.41, 5.74) is 2.37. The van der Waals surface area contributed by atoms with Gasteiger partial charge in [0.1, 0.15) is 23.3 Å². The third kappa shape index (κ3) is 7.31. The molecule has 2 atom stereocenters. The summed E-state index contributed by atoms with van der Waals surface area (Å²) in [4.78, 5) is 17.4. The fourth-order valence-electron chi connectivity index (χ4n) is 5.09. The first kappa shape index (κ1) is 33.2. The van der Waals surface area contributed by atoms with Crippen LogP contribution in [0.3, 0.4) is 0 Å². The first-order valence-electron chi connectivity index (χ1n) is 15.2. The second kappa shape index (κ2) is 13.1. The molecule has 0 saturated heterocycles. The number of aromatic nitrogens is 2. The maximum atomic E-state index is 12.5. The zero-order chi connectivity index (χ0) is 32.2. The fourth-order valence-corrected chi connectivity index (χ4v) is 6.36. The van der Waals surface area contributed by atoms with Gasteiger partial charge in [0.15, 0.2) is 8.32 Å². The van der Waals surface area contributed by atoms with Crippen molar-refractivity contribution in [2.45, 2.75) is 83.0 Å². The van der Waals surface area contributed by atoms with E-state index in [1.807, 2.05) is 67.1 Å². The molecule has 234 valence electrons. The van der Waals surface area contributed by atoms with E-state index in [0.717, 1.165) is 16.7 Å². The number of aliphatic hydroxyl groups excluding tert-OH is 1. The molecule has 0 unspecified atom stereocenters. The Bertz CT molecular complexity index is 1400. The van der Waals surface area contributed by atoms with Crippen LogP contribution in [0, 0.1) is 0 Å². The second-order valence-corrected chi connectivity index (χ2v) is 18.5. The number of ether oxygens (including phenoxy) is 1. The van der Waals surface area contributed by atoms with Gasteiger partial charge >= 0.3 is 6.09 Å². The lowest BCUT2D eigenvalue weighted by Crippen LogP contribution is -2.46. The van der Waals surface area contributed by atoms with Crippen molar-refractivity contribution >= 4 is 14.4 Å². The SMILES string of the molecule is CC(C)(C)OC(=O)NC[C@@H](O)[C@@H](O[Si](C)(C)C(C)(C)C)c1cn(C(c2ccccc2)(c2ccccc2)c2ccccc2)cn1. The first-order chi connectivity index (χ1) is 20.6. The molecule has 2 N–H and O–H groups in total. The maximum Gasteiger partial charge on any atom is 0.407 e. The summed E-state index contributed by atoms with van der Waals surface area (Å²) in [6.07, 6.45) is 1.34. The molecule has 0 aliphatic rings. The third-order valence-electron chi connectivity index (χ3n) is 8.29. The molecule has 1 heterocycles. The smallest absolute Gasteiger partial charge is 0.407 e. The Morgan fingerprint density at radius 1 is 0.841 bits per heavy atom. The van der Waals surface area contributed by atoms with Gasteiger partial charge in [-0.25, -0.2) is 9.78 Å². The summed E-state index contributed by atoms with van der Waals surface area (Å²) in [6.45, 7) is 16.1. The minimum Gasteiger partial charge on any atom is -0.444 e. The van der Waals surface area contributed by atoms with Gasteiger partial charge in [-0.3, -0.25) is 0 Å². The molecule has 1 amide bonds. The number of carbonyl (C=O) groups excluding carboxylic acids is 1. The van der Waals surface area contributed by atoms with E-state index in [1.54, 1.807) is 20.8 Å². The molecule has 1 aromatic heterocycles. The molecule has 7 nitrogen and oxygen atoms in total. The van der Waals surface area contributed by atoms with E-state index in [2.05, 4.69) is 80.1 Å². The van der Waals surface area contributed by atoms with Crippen molar-refractivity contribution in [3.63, 3.8) is 0 Å². The van der Waals surface area contributed by atoms with E-state index >= 15 is 0 Å². The number of carbonyl (C=O) groups is 1. The lowest BCUT2D eigenvalue weighted by Gasteiger charge is -2.40. The Labute approximate surface area is 263 Å². The van der Waals surface area contributed by atoms with E-state index in [4.69, 9.17) is 14.1 Å². The Morgan fingerprint density at radius 3 is 1.70 bits per heavy atom. The zero-order valence-corrected chi connectivity index (χ0v) is 28.2. The highest BCUT2D eigenvalue weighted by Crippen LogP contribution is 2.43.